The number of nitrogens with zero attached hydrogens (tertiary/aromatic N) is 1. The fraction of sp³-hybridized carbons (Fsp3) is 0.214. The number of carbonyl (C=O) groups is 2. The first-order chi connectivity index (χ1) is 9.88. The van der Waals surface area contributed by atoms with Crippen LogP contribution >= 0.6 is 34.8 Å². The molecule has 0 saturated carbocycles. The molecule has 2 rings (SSSR count). The van der Waals surface area contributed by atoms with E-state index in [0.717, 1.165) is 11.6 Å². The summed E-state index contributed by atoms with van der Waals surface area (Å²) in [5.41, 5.74) is 1.11. The quantitative estimate of drug-likeness (QED) is 0.667. The summed E-state index contributed by atoms with van der Waals surface area (Å²) in [6.07, 6.45) is 1.81. The van der Waals surface area contributed by atoms with Gasteiger partial charge in [0.25, 0.3) is 0 Å². The highest BCUT2D eigenvalue weighted by Crippen LogP contribution is 2.25. The second-order valence-corrected chi connectivity index (χ2v) is 5.69. The van der Waals surface area contributed by atoms with Gasteiger partial charge in [-0.1, -0.05) is 40.9 Å². The number of carbonyl (C=O) groups excluding carboxylic acids is 1. The molecule has 7 heteroatoms. The number of aryl methyl sites for hydroxylation is 1. The van der Waals surface area contributed by atoms with Crippen molar-refractivity contribution in [3.05, 3.63) is 45.0 Å². The van der Waals surface area contributed by atoms with Crippen molar-refractivity contribution in [1.82, 2.24) is 0 Å². The monoisotopic (exact) mass is 345 g/mol. The minimum absolute atomic E-state index is 0.00152. The van der Waals surface area contributed by atoms with Crippen molar-refractivity contribution in [3.63, 3.8) is 0 Å². The summed E-state index contributed by atoms with van der Waals surface area (Å²) in [4.78, 5) is 26.9. The first-order valence-electron chi connectivity index (χ1n) is 6.03. The summed E-state index contributed by atoms with van der Waals surface area (Å²) in [7, 11) is 0. The Balaban J connectivity index is 2.16. The summed E-state index contributed by atoms with van der Waals surface area (Å²) in [5.74, 6) is -3.06. The number of carboxylic acid groups (broad SMARTS) is 1. The number of hydrogen-bond acceptors (Lipinski definition) is 3. The zero-order valence-corrected chi connectivity index (χ0v) is 12.9. The SMILES string of the molecule is O=C(O)C1C(=O)C=C(Cl)N=C1CCc1ccc(Cl)c(Cl)c1. The number of aliphatic carboxylic acids is 1. The molecule has 4 nitrogen and oxygen atoms in total. The summed E-state index contributed by atoms with van der Waals surface area (Å²) >= 11 is 17.5. The Morgan fingerprint density at radius 2 is 1.90 bits per heavy atom. The Kier molecular flexibility index (Phi) is 5.04. The van der Waals surface area contributed by atoms with Crippen LogP contribution in [0.4, 0.5) is 0 Å². The van der Waals surface area contributed by atoms with Crippen molar-refractivity contribution < 1.29 is 14.7 Å². The van der Waals surface area contributed by atoms with Crippen LogP contribution in [0.3, 0.4) is 0 Å². The predicted octanol–water partition coefficient (Wildman–Crippen LogP) is 3.73. The molecule has 1 aliphatic rings. The Labute approximate surface area is 136 Å². The molecular weight excluding hydrogens is 337 g/mol. The van der Waals surface area contributed by atoms with Gasteiger partial charge in [0.2, 0.25) is 0 Å². The number of benzene rings is 1. The second kappa shape index (κ2) is 6.60. The number of carboxylic acids is 1. The minimum atomic E-state index is -1.27. The van der Waals surface area contributed by atoms with Gasteiger partial charge in [-0.2, -0.15) is 0 Å². The highest BCUT2D eigenvalue weighted by molar-refractivity contribution is 6.42. The van der Waals surface area contributed by atoms with E-state index in [9.17, 15) is 9.59 Å². The fourth-order valence-electron chi connectivity index (χ4n) is 2.03. The third-order valence-corrected chi connectivity index (χ3v) is 3.96. The van der Waals surface area contributed by atoms with E-state index in [1.165, 1.54) is 0 Å². The normalized spacial score (nSPS) is 18.2. The highest BCUT2D eigenvalue weighted by Gasteiger charge is 2.33. The molecule has 0 saturated heterocycles. The van der Waals surface area contributed by atoms with Crippen LogP contribution in [0.5, 0.6) is 0 Å². The van der Waals surface area contributed by atoms with Crippen molar-refractivity contribution in [2.75, 3.05) is 0 Å². The molecule has 1 N–H and O–H groups in total. The van der Waals surface area contributed by atoms with E-state index >= 15 is 0 Å². The summed E-state index contributed by atoms with van der Waals surface area (Å²) in [6, 6.07) is 5.14. The number of halogens is 3. The van der Waals surface area contributed by atoms with Crippen LogP contribution in [0.25, 0.3) is 0 Å². The number of ketones is 1. The van der Waals surface area contributed by atoms with Crippen LogP contribution in [-0.2, 0) is 16.0 Å². The lowest BCUT2D eigenvalue weighted by atomic mass is 9.92. The first-order valence-corrected chi connectivity index (χ1v) is 7.17. The van der Waals surface area contributed by atoms with Gasteiger partial charge in [-0.05, 0) is 30.5 Å². The van der Waals surface area contributed by atoms with E-state index in [0.29, 0.717) is 22.9 Å². The Morgan fingerprint density at radius 3 is 2.52 bits per heavy atom. The number of rotatable bonds is 4. The molecule has 0 aliphatic carbocycles. The molecule has 0 spiro atoms. The van der Waals surface area contributed by atoms with Gasteiger partial charge in [0.15, 0.2) is 11.7 Å². The third kappa shape index (κ3) is 3.84. The van der Waals surface area contributed by atoms with Crippen LogP contribution in [0, 0.1) is 5.92 Å². The van der Waals surface area contributed by atoms with E-state index in [1.807, 2.05) is 0 Å². The van der Waals surface area contributed by atoms with Gasteiger partial charge in [0.05, 0.1) is 10.0 Å². The Morgan fingerprint density at radius 1 is 1.19 bits per heavy atom. The molecule has 0 amide bonds. The molecule has 1 atom stereocenters. The van der Waals surface area contributed by atoms with Crippen LogP contribution in [0.2, 0.25) is 10.0 Å². The maximum atomic E-state index is 11.7. The molecule has 0 fully saturated rings. The Bertz CT molecular complexity index is 667. The fourth-order valence-corrected chi connectivity index (χ4v) is 2.57. The highest BCUT2D eigenvalue weighted by atomic mass is 35.5. The van der Waals surface area contributed by atoms with Gasteiger partial charge in [0, 0.05) is 11.8 Å². The van der Waals surface area contributed by atoms with E-state index in [1.54, 1.807) is 18.2 Å². The van der Waals surface area contributed by atoms with Gasteiger partial charge in [-0.25, -0.2) is 4.99 Å². The second-order valence-electron chi connectivity index (χ2n) is 4.49. The lowest BCUT2D eigenvalue weighted by molar-refractivity contribution is -0.142. The molecule has 21 heavy (non-hydrogen) atoms. The molecule has 0 bridgehead atoms. The molecule has 1 aromatic rings. The standard InChI is InChI=1S/C14H10Cl3NO3/c15-8-3-1-7(5-9(8)16)2-4-10-13(14(20)21)11(19)6-12(17)18-10/h1,3,5-6,13H,2,4H2,(H,20,21). The van der Waals surface area contributed by atoms with Crippen molar-refractivity contribution in [3.8, 4) is 0 Å². The van der Waals surface area contributed by atoms with Gasteiger partial charge in [-0.3, -0.25) is 9.59 Å². The van der Waals surface area contributed by atoms with Crippen molar-refractivity contribution >= 4 is 52.3 Å². The van der Waals surface area contributed by atoms with Crippen LogP contribution in [-0.4, -0.2) is 22.6 Å². The van der Waals surface area contributed by atoms with Gasteiger partial charge >= 0.3 is 5.97 Å². The molecule has 1 aromatic carbocycles. The van der Waals surface area contributed by atoms with E-state index in [-0.39, 0.29) is 10.9 Å². The van der Waals surface area contributed by atoms with E-state index < -0.39 is 17.7 Å². The van der Waals surface area contributed by atoms with Crippen molar-refractivity contribution in [2.45, 2.75) is 12.8 Å². The van der Waals surface area contributed by atoms with Crippen LogP contribution < -0.4 is 0 Å². The van der Waals surface area contributed by atoms with E-state index in [4.69, 9.17) is 39.9 Å². The smallest absolute Gasteiger partial charge is 0.320 e. The first kappa shape index (κ1) is 16.0. The maximum Gasteiger partial charge on any atom is 0.320 e. The average molecular weight is 347 g/mol. The third-order valence-electron chi connectivity index (χ3n) is 3.03. The molecular formula is C14H10Cl3NO3. The Hall–Kier alpha value is -1.36. The largest absolute Gasteiger partial charge is 0.480 e. The lowest BCUT2D eigenvalue weighted by Crippen LogP contribution is -2.33. The van der Waals surface area contributed by atoms with Crippen molar-refractivity contribution in [2.24, 2.45) is 10.9 Å². The minimum Gasteiger partial charge on any atom is -0.480 e. The summed E-state index contributed by atoms with van der Waals surface area (Å²) in [5, 5.41) is 10.00. The van der Waals surface area contributed by atoms with E-state index in [2.05, 4.69) is 4.99 Å². The zero-order valence-electron chi connectivity index (χ0n) is 10.6. The summed E-state index contributed by atoms with van der Waals surface area (Å²) in [6.45, 7) is 0. The lowest BCUT2D eigenvalue weighted by Gasteiger charge is -2.16. The molecule has 1 aliphatic heterocycles. The van der Waals surface area contributed by atoms with Crippen LogP contribution in [0.1, 0.15) is 12.0 Å². The predicted molar refractivity (Wildman–Crippen MR) is 82.3 cm³/mol. The maximum absolute atomic E-state index is 11.7. The van der Waals surface area contributed by atoms with Crippen molar-refractivity contribution in [1.29, 1.82) is 0 Å². The molecule has 110 valence electrons. The zero-order chi connectivity index (χ0) is 15.6. The van der Waals surface area contributed by atoms with Gasteiger partial charge in [0.1, 0.15) is 5.16 Å². The van der Waals surface area contributed by atoms with Gasteiger partial charge < -0.3 is 5.11 Å². The number of aliphatic imine (C=N–C) groups is 1. The number of allylic oxidation sites excluding steroid dienone is 1. The average Bonchev–Trinajstić information content (AvgIpc) is 2.38. The van der Waals surface area contributed by atoms with Gasteiger partial charge in [-0.15, -0.1) is 0 Å². The molecule has 0 aromatic heterocycles. The molecule has 1 unspecified atom stereocenters. The van der Waals surface area contributed by atoms with Crippen LogP contribution in [0.15, 0.2) is 34.4 Å². The summed E-state index contributed by atoms with van der Waals surface area (Å²) < 4.78 is 0. The number of hydrogen-bond donors (Lipinski definition) is 1. The molecule has 1 heterocycles. The topological polar surface area (TPSA) is 66.7 Å². The molecule has 0 radical (unpaired) electrons.